The number of anilines is 2. The summed E-state index contributed by atoms with van der Waals surface area (Å²) in [6.45, 7) is 4.44. The summed E-state index contributed by atoms with van der Waals surface area (Å²) in [6, 6.07) is 0. The van der Waals surface area contributed by atoms with Crippen LogP contribution >= 0.6 is 11.6 Å². The van der Waals surface area contributed by atoms with Crippen molar-refractivity contribution in [2.75, 3.05) is 43.5 Å². The van der Waals surface area contributed by atoms with Crippen LogP contribution in [0.3, 0.4) is 0 Å². The van der Waals surface area contributed by atoms with Gasteiger partial charge in [0.25, 0.3) is 0 Å². The van der Waals surface area contributed by atoms with Gasteiger partial charge in [-0.2, -0.15) is 4.98 Å². The lowest BCUT2D eigenvalue weighted by atomic mass is 9.96. The van der Waals surface area contributed by atoms with Crippen LogP contribution in [0.15, 0.2) is 0 Å². The van der Waals surface area contributed by atoms with E-state index in [2.05, 4.69) is 15.2 Å². The van der Waals surface area contributed by atoms with E-state index in [0.29, 0.717) is 32.2 Å². The van der Waals surface area contributed by atoms with Crippen molar-refractivity contribution in [1.29, 1.82) is 0 Å². The van der Waals surface area contributed by atoms with Gasteiger partial charge in [-0.15, -0.1) is 10.2 Å². The zero-order chi connectivity index (χ0) is 14.3. The average Bonchev–Trinajstić information content (AvgIpc) is 2.41. The SMILES string of the molecule is CC12COCC(=O)N1CCN(c1nnc(Cl)c(N)n1)C2. The molecule has 20 heavy (non-hydrogen) atoms. The summed E-state index contributed by atoms with van der Waals surface area (Å²) in [5.74, 6) is 0.596. The third-order valence-electron chi connectivity index (χ3n) is 3.66. The van der Waals surface area contributed by atoms with Gasteiger partial charge in [0.15, 0.2) is 11.0 Å². The zero-order valence-electron chi connectivity index (χ0n) is 11.0. The predicted octanol–water partition coefficient (Wildman–Crippen LogP) is -0.455. The number of nitrogens with two attached hydrogens (primary N) is 1. The summed E-state index contributed by atoms with van der Waals surface area (Å²) in [4.78, 5) is 19.8. The molecule has 0 bridgehead atoms. The fourth-order valence-corrected chi connectivity index (χ4v) is 2.75. The lowest BCUT2D eigenvalue weighted by Crippen LogP contribution is -2.67. The number of nitrogens with zero attached hydrogens (tertiary/aromatic N) is 5. The lowest BCUT2D eigenvalue weighted by molar-refractivity contribution is -0.157. The molecule has 1 aromatic rings. The van der Waals surface area contributed by atoms with Gasteiger partial charge in [0.05, 0.1) is 12.1 Å². The second kappa shape index (κ2) is 4.71. The molecule has 1 amide bonds. The van der Waals surface area contributed by atoms with Crippen molar-refractivity contribution in [3.63, 3.8) is 0 Å². The standard InChI is InChI=1S/C11H15ClN6O2/c1-11-5-17(10-14-9(13)8(12)15-16-10)2-3-18(11)7(19)4-20-6-11/h2-6H2,1H3,(H2,13,14,16). The van der Waals surface area contributed by atoms with Gasteiger partial charge in [0, 0.05) is 19.6 Å². The highest BCUT2D eigenvalue weighted by Crippen LogP contribution is 2.27. The largest absolute Gasteiger partial charge is 0.381 e. The van der Waals surface area contributed by atoms with E-state index in [-0.39, 0.29) is 29.0 Å². The highest BCUT2D eigenvalue weighted by Gasteiger charge is 2.44. The summed E-state index contributed by atoms with van der Waals surface area (Å²) >= 11 is 5.72. The molecule has 2 fully saturated rings. The molecule has 0 radical (unpaired) electrons. The van der Waals surface area contributed by atoms with E-state index in [4.69, 9.17) is 22.1 Å². The zero-order valence-corrected chi connectivity index (χ0v) is 11.8. The molecule has 3 rings (SSSR count). The first-order valence-corrected chi connectivity index (χ1v) is 6.66. The first-order chi connectivity index (χ1) is 9.49. The number of carbonyl (C=O) groups excluding carboxylic acids is 1. The van der Waals surface area contributed by atoms with Gasteiger partial charge >= 0.3 is 0 Å². The van der Waals surface area contributed by atoms with E-state index >= 15 is 0 Å². The molecule has 108 valence electrons. The van der Waals surface area contributed by atoms with Crippen molar-refractivity contribution in [3.8, 4) is 0 Å². The minimum absolute atomic E-state index is 0.0214. The Balaban J connectivity index is 1.84. The van der Waals surface area contributed by atoms with Crippen molar-refractivity contribution >= 4 is 29.3 Å². The maximum absolute atomic E-state index is 11.9. The second-order valence-electron chi connectivity index (χ2n) is 5.24. The van der Waals surface area contributed by atoms with E-state index in [0.717, 1.165) is 0 Å². The maximum Gasteiger partial charge on any atom is 0.249 e. The van der Waals surface area contributed by atoms with E-state index in [9.17, 15) is 4.79 Å². The number of amides is 1. The van der Waals surface area contributed by atoms with E-state index in [1.165, 1.54) is 0 Å². The minimum atomic E-state index is -0.384. The highest BCUT2D eigenvalue weighted by atomic mass is 35.5. The smallest absolute Gasteiger partial charge is 0.249 e. The van der Waals surface area contributed by atoms with Crippen LogP contribution in [0.2, 0.25) is 5.15 Å². The quantitative estimate of drug-likeness (QED) is 0.749. The highest BCUT2D eigenvalue weighted by molar-refractivity contribution is 6.31. The lowest BCUT2D eigenvalue weighted by Gasteiger charge is -2.50. The molecule has 1 aromatic heterocycles. The first-order valence-electron chi connectivity index (χ1n) is 6.28. The molecule has 9 heteroatoms. The molecule has 0 spiro atoms. The van der Waals surface area contributed by atoms with Gasteiger partial charge in [0.2, 0.25) is 11.9 Å². The molecule has 2 N–H and O–H groups in total. The molecule has 2 aliphatic heterocycles. The summed E-state index contributed by atoms with van der Waals surface area (Å²) in [7, 11) is 0. The summed E-state index contributed by atoms with van der Waals surface area (Å²) in [6.07, 6.45) is 0. The Morgan fingerprint density at radius 2 is 2.20 bits per heavy atom. The van der Waals surface area contributed by atoms with Gasteiger partial charge in [-0.3, -0.25) is 4.79 Å². The summed E-state index contributed by atoms with van der Waals surface area (Å²) in [5, 5.41) is 7.82. The molecule has 1 unspecified atom stereocenters. The summed E-state index contributed by atoms with van der Waals surface area (Å²) in [5.41, 5.74) is 5.27. The molecule has 3 heterocycles. The molecule has 1 atom stereocenters. The van der Waals surface area contributed by atoms with Crippen LogP contribution in [0.1, 0.15) is 6.92 Å². The molecule has 2 aliphatic rings. The maximum atomic E-state index is 11.9. The number of ether oxygens (including phenoxy) is 1. The fourth-order valence-electron chi connectivity index (χ4n) is 2.67. The Morgan fingerprint density at radius 1 is 1.40 bits per heavy atom. The van der Waals surface area contributed by atoms with Crippen molar-refractivity contribution in [2.45, 2.75) is 12.5 Å². The van der Waals surface area contributed by atoms with Crippen LogP contribution in [-0.4, -0.2) is 64.4 Å². The third kappa shape index (κ3) is 2.14. The predicted molar refractivity (Wildman–Crippen MR) is 72.4 cm³/mol. The van der Waals surface area contributed by atoms with Gasteiger partial charge in [-0.25, -0.2) is 0 Å². The van der Waals surface area contributed by atoms with Crippen LogP contribution in [0.4, 0.5) is 11.8 Å². The van der Waals surface area contributed by atoms with E-state index < -0.39 is 0 Å². The van der Waals surface area contributed by atoms with Crippen molar-refractivity contribution in [3.05, 3.63) is 5.15 Å². The number of piperazine rings is 1. The number of aromatic nitrogens is 3. The fraction of sp³-hybridized carbons (Fsp3) is 0.636. The molecule has 0 saturated carbocycles. The second-order valence-corrected chi connectivity index (χ2v) is 5.60. The Morgan fingerprint density at radius 3 is 2.95 bits per heavy atom. The number of rotatable bonds is 1. The first kappa shape index (κ1) is 13.3. The number of hydrogen-bond acceptors (Lipinski definition) is 7. The Hall–Kier alpha value is -1.67. The van der Waals surface area contributed by atoms with Crippen LogP contribution < -0.4 is 10.6 Å². The Labute approximate surface area is 120 Å². The van der Waals surface area contributed by atoms with Gasteiger partial charge in [-0.1, -0.05) is 11.6 Å². The minimum Gasteiger partial charge on any atom is -0.381 e. The van der Waals surface area contributed by atoms with E-state index in [1.54, 1.807) is 0 Å². The van der Waals surface area contributed by atoms with Gasteiger partial charge < -0.3 is 20.3 Å². The van der Waals surface area contributed by atoms with Crippen LogP contribution in [0.5, 0.6) is 0 Å². The number of hydrogen-bond donors (Lipinski definition) is 1. The molecular weight excluding hydrogens is 284 g/mol. The molecular formula is C11H15ClN6O2. The normalized spacial score (nSPS) is 26.6. The molecule has 0 aliphatic carbocycles. The number of fused-ring (bicyclic) bond motifs is 1. The Kier molecular flexibility index (Phi) is 3.14. The third-order valence-corrected chi connectivity index (χ3v) is 3.93. The van der Waals surface area contributed by atoms with Crippen molar-refractivity contribution < 1.29 is 9.53 Å². The molecule has 2 saturated heterocycles. The van der Waals surface area contributed by atoms with Crippen molar-refractivity contribution in [2.24, 2.45) is 0 Å². The summed E-state index contributed by atoms with van der Waals surface area (Å²) < 4.78 is 5.36. The van der Waals surface area contributed by atoms with Gasteiger partial charge in [-0.05, 0) is 6.92 Å². The molecule has 0 aromatic carbocycles. The average molecular weight is 299 g/mol. The molecule has 8 nitrogen and oxygen atoms in total. The van der Waals surface area contributed by atoms with E-state index in [1.807, 2.05) is 16.7 Å². The van der Waals surface area contributed by atoms with Crippen LogP contribution in [-0.2, 0) is 9.53 Å². The number of halogens is 1. The Bertz CT molecular complexity index is 556. The monoisotopic (exact) mass is 298 g/mol. The van der Waals surface area contributed by atoms with Crippen molar-refractivity contribution in [1.82, 2.24) is 20.1 Å². The van der Waals surface area contributed by atoms with Gasteiger partial charge in [0.1, 0.15) is 6.61 Å². The topological polar surface area (TPSA) is 97.5 Å². The number of carbonyl (C=O) groups is 1. The van der Waals surface area contributed by atoms with Crippen LogP contribution in [0.25, 0.3) is 0 Å². The number of morpholine rings is 1. The van der Waals surface area contributed by atoms with Crippen LogP contribution in [0, 0.1) is 0 Å². The number of nitrogen functional groups attached to an aromatic ring is 1.